The molecular formula is C15H16ClNO3. The zero-order valence-corrected chi connectivity index (χ0v) is 12.1. The zero-order valence-electron chi connectivity index (χ0n) is 11.4. The van der Waals surface area contributed by atoms with E-state index in [0.29, 0.717) is 6.61 Å². The number of aryl methyl sites for hydroxylation is 1. The lowest BCUT2D eigenvalue weighted by Crippen LogP contribution is -2.36. The Morgan fingerprint density at radius 2 is 2.20 bits per heavy atom. The van der Waals surface area contributed by atoms with E-state index < -0.39 is 0 Å². The standard InChI is InChI=1S/C15H16ClNO3/c1-10-4-3-5-12(8-10)19-9-11(2)17-15(18)13-6-7-14(16)20-13/h3-8,11H,9H2,1-2H3,(H,17,18). The zero-order chi connectivity index (χ0) is 14.5. The van der Waals surface area contributed by atoms with Crippen molar-refractivity contribution in [2.45, 2.75) is 19.9 Å². The third kappa shape index (κ3) is 4.03. The van der Waals surface area contributed by atoms with Crippen LogP contribution in [0, 0.1) is 6.92 Å². The van der Waals surface area contributed by atoms with Gasteiger partial charge in [-0.15, -0.1) is 0 Å². The summed E-state index contributed by atoms with van der Waals surface area (Å²) in [6.45, 7) is 4.24. The van der Waals surface area contributed by atoms with E-state index in [2.05, 4.69) is 5.32 Å². The predicted molar refractivity (Wildman–Crippen MR) is 77.3 cm³/mol. The van der Waals surface area contributed by atoms with Crippen molar-refractivity contribution >= 4 is 17.5 Å². The van der Waals surface area contributed by atoms with Crippen molar-refractivity contribution < 1.29 is 13.9 Å². The molecule has 1 N–H and O–H groups in total. The summed E-state index contributed by atoms with van der Waals surface area (Å²) in [5.41, 5.74) is 1.13. The topological polar surface area (TPSA) is 51.5 Å². The summed E-state index contributed by atoms with van der Waals surface area (Å²) in [5, 5.41) is 2.97. The summed E-state index contributed by atoms with van der Waals surface area (Å²) in [7, 11) is 0. The van der Waals surface area contributed by atoms with Crippen molar-refractivity contribution in [2.75, 3.05) is 6.61 Å². The first-order valence-corrected chi connectivity index (χ1v) is 6.68. The summed E-state index contributed by atoms with van der Waals surface area (Å²) in [5.74, 6) is 0.668. The first-order valence-electron chi connectivity index (χ1n) is 6.30. The molecule has 0 bridgehead atoms. The SMILES string of the molecule is Cc1cccc(OCC(C)NC(=O)c2ccc(Cl)o2)c1. The van der Waals surface area contributed by atoms with Crippen LogP contribution < -0.4 is 10.1 Å². The molecule has 1 heterocycles. The van der Waals surface area contributed by atoms with Crippen LogP contribution in [0.1, 0.15) is 23.0 Å². The number of hydrogen-bond donors (Lipinski definition) is 1. The van der Waals surface area contributed by atoms with E-state index in [1.807, 2.05) is 38.1 Å². The van der Waals surface area contributed by atoms with E-state index in [1.165, 1.54) is 12.1 Å². The second kappa shape index (κ2) is 6.48. The van der Waals surface area contributed by atoms with Gasteiger partial charge < -0.3 is 14.5 Å². The molecule has 0 saturated heterocycles. The van der Waals surface area contributed by atoms with E-state index in [4.69, 9.17) is 20.8 Å². The Morgan fingerprint density at radius 1 is 1.40 bits per heavy atom. The molecular weight excluding hydrogens is 278 g/mol. The molecule has 106 valence electrons. The Hall–Kier alpha value is -1.94. The highest BCUT2D eigenvalue weighted by Gasteiger charge is 2.13. The fourth-order valence-corrected chi connectivity index (χ4v) is 1.85. The minimum atomic E-state index is -0.308. The average Bonchev–Trinajstić information content (AvgIpc) is 2.83. The first kappa shape index (κ1) is 14.5. The molecule has 4 nitrogen and oxygen atoms in total. The Bertz CT molecular complexity index is 594. The molecule has 0 aliphatic heterocycles. The third-order valence-corrected chi connectivity index (χ3v) is 2.87. The van der Waals surface area contributed by atoms with E-state index in [1.54, 1.807) is 0 Å². The molecule has 1 aromatic carbocycles. The second-order valence-corrected chi connectivity index (χ2v) is 4.98. The van der Waals surface area contributed by atoms with Crippen LogP contribution in [0.5, 0.6) is 5.75 Å². The minimum absolute atomic E-state index is 0.146. The van der Waals surface area contributed by atoms with Crippen molar-refractivity contribution in [3.63, 3.8) is 0 Å². The Morgan fingerprint density at radius 3 is 2.85 bits per heavy atom. The molecule has 0 aliphatic rings. The summed E-state index contributed by atoms with van der Waals surface area (Å²) in [6.07, 6.45) is 0. The number of halogens is 1. The summed E-state index contributed by atoms with van der Waals surface area (Å²) in [4.78, 5) is 11.8. The maximum atomic E-state index is 11.8. The van der Waals surface area contributed by atoms with Gasteiger partial charge in [-0.3, -0.25) is 4.79 Å². The molecule has 5 heteroatoms. The van der Waals surface area contributed by atoms with Crippen molar-refractivity contribution in [2.24, 2.45) is 0 Å². The van der Waals surface area contributed by atoms with Crippen molar-refractivity contribution in [3.8, 4) is 5.75 Å². The second-order valence-electron chi connectivity index (χ2n) is 4.61. The Labute approximate surface area is 122 Å². The van der Waals surface area contributed by atoms with Crippen LogP contribution in [0.15, 0.2) is 40.8 Å². The average molecular weight is 294 g/mol. The molecule has 1 aromatic heterocycles. The van der Waals surface area contributed by atoms with Gasteiger partial charge in [-0.2, -0.15) is 0 Å². The quantitative estimate of drug-likeness (QED) is 0.919. The van der Waals surface area contributed by atoms with Crippen LogP contribution in [0.4, 0.5) is 0 Å². The first-order chi connectivity index (χ1) is 9.54. The molecule has 2 rings (SSSR count). The van der Waals surface area contributed by atoms with Crippen LogP contribution in [0.2, 0.25) is 5.22 Å². The maximum absolute atomic E-state index is 11.8. The van der Waals surface area contributed by atoms with Gasteiger partial charge in [0.1, 0.15) is 12.4 Å². The maximum Gasteiger partial charge on any atom is 0.287 e. The number of ether oxygens (including phenoxy) is 1. The molecule has 0 spiro atoms. The van der Waals surface area contributed by atoms with Crippen molar-refractivity contribution in [1.29, 1.82) is 0 Å². The number of carbonyl (C=O) groups is 1. The molecule has 1 atom stereocenters. The van der Waals surface area contributed by atoms with E-state index in [-0.39, 0.29) is 22.9 Å². The van der Waals surface area contributed by atoms with Crippen LogP contribution >= 0.6 is 11.6 Å². The van der Waals surface area contributed by atoms with Gasteiger partial charge in [0.15, 0.2) is 11.0 Å². The monoisotopic (exact) mass is 293 g/mol. The van der Waals surface area contributed by atoms with Gasteiger partial charge in [0.2, 0.25) is 0 Å². The van der Waals surface area contributed by atoms with Crippen LogP contribution in [0.3, 0.4) is 0 Å². The lowest BCUT2D eigenvalue weighted by Gasteiger charge is -2.14. The number of carbonyl (C=O) groups excluding carboxylic acids is 1. The highest BCUT2D eigenvalue weighted by Crippen LogP contribution is 2.14. The number of furan rings is 1. The molecule has 1 amide bonds. The number of amides is 1. The third-order valence-electron chi connectivity index (χ3n) is 2.66. The van der Waals surface area contributed by atoms with Gasteiger partial charge in [0, 0.05) is 0 Å². The normalized spacial score (nSPS) is 11.9. The van der Waals surface area contributed by atoms with Gasteiger partial charge in [0.05, 0.1) is 6.04 Å². The summed E-state index contributed by atoms with van der Waals surface area (Å²) >= 11 is 5.63. The predicted octanol–water partition coefficient (Wildman–Crippen LogP) is 3.44. The summed E-state index contributed by atoms with van der Waals surface area (Å²) < 4.78 is 10.7. The fourth-order valence-electron chi connectivity index (χ4n) is 1.70. The summed E-state index contributed by atoms with van der Waals surface area (Å²) in [6, 6.07) is 10.7. The molecule has 2 aromatic rings. The van der Waals surface area contributed by atoms with Gasteiger partial charge in [-0.1, -0.05) is 12.1 Å². The number of hydrogen-bond acceptors (Lipinski definition) is 3. The Balaban J connectivity index is 1.83. The van der Waals surface area contributed by atoms with Crippen LogP contribution in [0.25, 0.3) is 0 Å². The largest absolute Gasteiger partial charge is 0.491 e. The van der Waals surface area contributed by atoms with Crippen molar-refractivity contribution in [3.05, 3.63) is 52.9 Å². The smallest absolute Gasteiger partial charge is 0.287 e. The molecule has 1 unspecified atom stereocenters. The van der Waals surface area contributed by atoms with Gasteiger partial charge in [0.25, 0.3) is 5.91 Å². The van der Waals surface area contributed by atoms with Crippen molar-refractivity contribution in [1.82, 2.24) is 5.32 Å². The van der Waals surface area contributed by atoms with E-state index in [0.717, 1.165) is 11.3 Å². The number of nitrogens with one attached hydrogen (secondary N) is 1. The van der Waals surface area contributed by atoms with E-state index >= 15 is 0 Å². The minimum Gasteiger partial charge on any atom is -0.491 e. The highest BCUT2D eigenvalue weighted by atomic mass is 35.5. The molecule has 0 fully saturated rings. The number of benzene rings is 1. The lowest BCUT2D eigenvalue weighted by molar-refractivity contribution is 0.0898. The fraction of sp³-hybridized carbons (Fsp3) is 0.267. The molecule has 0 aliphatic carbocycles. The van der Waals surface area contributed by atoms with Gasteiger partial charge >= 0.3 is 0 Å². The lowest BCUT2D eigenvalue weighted by atomic mass is 10.2. The van der Waals surface area contributed by atoms with Gasteiger partial charge in [-0.05, 0) is 55.3 Å². The molecule has 0 saturated carbocycles. The number of rotatable bonds is 5. The molecule has 0 radical (unpaired) electrons. The van der Waals surface area contributed by atoms with E-state index in [9.17, 15) is 4.79 Å². The Kier molecular flexibility index (Phi) is 4.69. The highest BCUT2D eigenvalue weighted by molar-refractivity contribution is 6.29. The van der Waals surface area contributed by atoms with Crippen LogP contribution in [-0.4, -0.2) is 18.6 Å². The van der Waals surface area contributed by atoms with Crippen LogP contribution in [-0.2, 0) is 0 Å². The van der Waals surface area contributed by atoms with Gasteiger partial charge in [-0.25, -0.2) is 0 Å². The molecule has 20 heavy (non-hydrogen) atoms.